The monoisotopic (exact) mass is 190 g/mol. The van der Waals surface area contributed by atoms with E-state index in [1.54, 1.807) is 0 Å². The second-order valence-corrected chi connectivity index (χ2v) is 2.72. The first kappa shape index (κ1) is 9.69. The van der Waals surface area contributed by atoms with Gasteiger partial charge in [0, 0.05) is 6.54 Å². The molecule has 0 saturated heterocycles. The number of unbranched alkanes of at least 4 members (excludes halogenated alkanes) is 1. The van der Waals surface area contributed by atoms with E-state index in [4.69, 9.17) is 0 Å². The average molecular weight is 190 g/mol. The van der Waals surface area contributed by atoms with Gasteiger partial charge in [0.25, 0.3) is 0 Å². The largest absolute Gasteiger partial charge is 0.409 e. The summed E-state index contributed by atoms with van der Waals surface area (Å²) in [6.45, 7) is 2.35. The zero-order valence-electron chi connectivity index (χ0n) is 7.26. The molecule has 1 atom stereocenters. The second kappa shape index (κ2) is 4.01. The van der Waals surface area contributed by atoms with Crippen molar-refractivity contribution in [3.63, 3.8) is 0 Å². The van der Waals surface area contributed by atoms with Gasteiger partial charge in [-0.2, -0.15) is 5.10 Å². The van der Waals surface area contributed by atoms with Crippen LogP contribution in [0.25, 0.3) is 0 Å². The molecular formula is C6H11FN4O2. The first-order valence-electron chi connectivity index (χ1n) is 4.05. The van der Waals surface area contributed by atoms with E-state index in [2.05, 4.69) is 5.10 Å². The lowest BCUT2D eigenvalue weighted by Gasteiger charge is -2.17. The van der Waals surface area contributed by atoms with Gasteiger partial charge in [-0.3, -0.25) is 10.1 Å². The molecule has 0 aromatic rings. The van der Waals surface area contributed by atoms with Crippen molar-refractivity contribution in [2.24, 2.45) is 5.10 Å². The predicted octanol–water partition coefficient (Wildman–Crippen LogP) is 0.792. The molecule has 0 bridgehead atoms. The van der Waals surface area contributed by atoms with Crippen LogP contribution in [0.4, 0.5) is 4.48 Å². The van der Waals surface area contributed by atoms with E-state index in [0.717, 1.165) is 24.2 Å². The van der Waals surface area contributed by atoms with Gasteiger partial charge in [0.2, 0.25) is 0 Å². The van der Waals surface area contributed by atoms with Crippen LogP contribution in [0.5, 0.6) is 0 Å². The standard InChI is InChI=1S/C6H11FN4O2/c1-2-3-4-10-6(11(12)13)9(7)5-8-10/h5-6H,2-4H2,1H3. The highest BCUT2D eigenvalue weighted by Gasteiger charge is 2.38. The zero-order valence-corrected chi connectivity index (χ0v) is 7.26. The summed E-state index contributed by atoms with van der Waals surface area (Å²) in [6.07, 6.45) is 0.994. The molecule has 0 radical (unpaired) electrons. The Bertz CT molecular complexity index is 223. The average Bonchev–Trinajstić information content (AvgIpc) is 2.43. The Morgan fingerprint density at radius 3 is 3.00 bits per heavy atom. The van der Waals surface area contributed by atoms with Crippen LogP contribution in [0.1, 0.15) is 19.8 Å². The van der Waals surface area contributed by atoms with Crippen LogP contribution >= 0.6 is 0 Å². The third kappa shape index (κ3) is 2.04. The van der Waals surface area contributed by atoms with Gasteiger partial charge in [0.15, 0.2) is 6.34 Å². The van der Waals surface area contributed by atoms with Gasteiger partial charge >= 0.3 is 6.29 Å². The Balaban J connectivity index is 2.53. The summed E-state index contributed by atoms with van der Waals surface area (Å²) in [7, 11) is 0. The maximum atomic E-state index is 12.7. The highest BCUT2D eigenvalue weighted by atomic mass is 19.2. The molecule has 1 aliphatic heterocycles. The number of hydrogen-bond acceptors (Lipinski definition) is 5. The molecule has 1 unspecified atom stereocenters. The van der Waals surface area contributed by atoms with E-state index in [1.165, 1.54) is 0 Å². The van der Waals surface area contributed by atoms with Crippen LogP contribution in [0, 0.1) is 10.1 Å². The van der Waals surface area contributed by atoms with Gasteiger partial charge in [0.05, 0.1) is 4.92 Å². The lowest BCUT2D eigenvalue weighted by atomic mass is 10.3. The van der Waals surface area contributed by atoms with E-state index in [9.17, 15) is 14.6 Å². The van der Waals surface area contributed by atoms with Crippen molar-refractivity contribution in [3.8, 4) is 0 Å². The third-order valence-electron chi connectivity index (χ3n) is 1.73. The van der Waals surface area contributed by atoms with Crippen molar-refractivity contribution in [1.82, 2.24) is 10.1 Å². The van der Waals surface area contributed by atoms with Crippen molar-refractivity contribution in [2.75, 3.05) is 6.54 Å². The molecule has 0 N–H and O–H groups in total. The molecule has 1 aliphatic rings. The predicted molar refractivity (Wildman–Crippen MR) is 43.8 cm³/mol. The van der Waals surface area contributed by atoms with E-state index in [-0.39, 0.29) is 5.12 Å². The topological polar surface area (TPSA) is 62.0 Å². The normalized spacial score (nSPS) is 21.2. The molecule has 74 valence electrons. The third-order valence-corrected chi connectivity index (χ3v) is 1.73. The summed E-state index contributed by atoms with van der Waals surface area (Å²) in [5, 5.41) is 15.1. The van der Waals surface area contributed by atoms with Crippen molar-refractivity contribution in [2.45, 2.75) is 26.1 Å². The molecule has 1 heterocycles. The molecular weight excluding hydrogens is 179 g/mol. The minimum absolute atomic E-state index is 0.00431. The lowest BCUT2D eigenvalue weighted by Crippen LogP contribution is -2.42. The number of nitro groups is 1. The molecule has 6 nitrogen and oxygen atoms in total. The van der Waals surface area contributed by atoms with Crippen molar-refractivity contribution < 1.29 is 9.40 Å². The molecule has 0 spiro atoms. The summed E-state index contributed by atoms with van der Waals surface area (Å²) in [5.41, 5.74) is 0. The molecule has 0 fully saturated rings. The van der Waals surface area contributed by atoms with Crippen LogP contribution in [-0.4, -0.2) is 34.2 Å². The van der Waals surface area contributed by atoms with Crippen molar-refractivity contribution >= 4 is 6.34 Å². The minimum Gasteiger partial charge on any atom is -0.261 e. The van der Waals surface area contributed by atoms with Gasteiger partial charge in [-0.05, 0) is 6.42 Å². The first-order valence-corrected chi connectivity index (χ1v) is 4.05. The fourth-order valence-corrected chi connectivity index (χ4v) is 1.05. The van der Waals surface area contributed by atoms with E-state index in [1.807, 2.05) is 6.92 Å². The smallest absolute Gasteiger partial charge is 0.261 e. The Kier molecular flexibility index (Phi) is 2.99. The zero-order chi connectivity index (χ0) is 9.84. The van der Waals surface area contributed by atoms with Crippen LogP contribution in [0.3, 0.4) is 0 Å². The highest BCUT2D eigenvalue weighted by molar-refractivity contribution is 5.54. The molecule has 0 saturated carbocycles. The quantitative estimate of drug-likeness (QED) is 0.373. The Hall–Kier alpha value is -1.40. The van der Waals surface area contributed by atoms with Crippen LogP contribution < -0.4 is 0 Å². The van der Waals surface area contributed by atoms with Gasteiger partial charge in [-0.25, -0.2) is 5.01 Å². The molecule has 0 amide bonds. The molecule has 13 heavy (non-hydrogen) atoms. The fraction of sp³-hybridized carbons (Fsp3) is 0.833. The number of hydrogen-bond donors (Lipinski definition) is 0. The SMILES string of the molecule is CCCCN1N=CN(F)C1[N+](=O)[O-]. The number of hydrazone groups is 1. The lowest BCUT2D eigenvalue weighted by molar-refractivity contribution is -0.582. The highest BCUT2D eigenvalue weighted by Crippen LogP contribution is 2.13. The Labute approximate surface area is 74.7 Å². The first-order chi connectivity index (χ1) is 6.16. The van der Waals surface area contributed by atoms with Gasteiger partial charge in [-0.15, -0.1) is 5.12 Å². The fourth-order valence-electron chi connectivity index (χ4n) is 1.05. The summed E-state index contributed by atoms with van der Waals surface area (Å²) >= 11 is 0. The Morgan fingerprint density at radius 1 is 1.77 bits per heavy atom. The van der Waals surface area contributed by atoms with Gasteiger partial charge < -0.3 is 0 Å². The van der Waals surface area contributed by atoms with E-state index in [0.29, 0.717) is 6.54 Å². The van der Waals surface area contributed by atoms with Crippen molar-refractivity contribution in [3.05, 3.63) is 10.1 Å². The molecule has 0 aromatic carbocycles. The Morgan fingerprint density at radius 2 is 2.46 bits per heavy atom. The molecule has 7 heteroatoms. The van der Waals surface area contributed by atoms with Crippen LogP contribution in [0.2, 0.25) is 0 Å². The van der Waals surface area contributed by atoms with Crippen LogP contribution in [-0.2, 0) is 0 Å². The van der Waals surface area contributed by atoms with Gasteiger partial charge in [-0.1, -0.05) is 17.8 Å². The summed E-state index contributed by atoms with van der Waals surface area (Å²) in [6, 6.07) is 0. The maximum absolute atomic E-state index is 12.7. The number of nitrogens with zero attached hydrogens (tertiary/aromatic N) is 4. The molecule has 1 rings (SSSR count). The van der Waals surface area contributed by atoms with E-state index < -0.39 is 11.2 Å². The van der Waals surface area contributed by atoms with Crippen molar-refractivity contribution in [1.29, 1.82) is 0 Å². The minimum atomic E-state index is -1.48. The number of rotatable bonds is 4. The molecule has 0 aliphatic carbocycles. The molecule has 0 aromatic heterocycles. The van der Waals surface area contributed by atoms with Gasteiger partial charge in [0.1, 0.15) is 0 Å². The maximum Gasteiger partial charge on any atom is 0.409 e. The van der Waals surface area contributed by atoms with E-state index >= 15 is 0 Å². The summed E-state index contributed by atoms with van der Waals surface area (Å²) in [4.78, 5) is 9.68. The summed E-state index contributed by atoms with van der Waals surface area (Å²) < 4.78 is 12.7. The number of halogens is 1. The van der Waals surface area contributed by atoms with Crippen LogP contribution in [0.15, 0.2) is 5.10 Å². The second-order valence-electron chi connectivity index (χ2n) is 2.72. The summed E-state index contributed by atoms with van der Waals surface area (Å²) in [5.74, 6) is 0.